The van der Waals surface area contributed by atoms with Gasteiger partial charge in [0.25, 0.3) is 5.91 Å². The summed E-state index contributed by atoms with van der Waals surface area (Å²) in [6.07, 6.45) is 1.85. The van der Waals surface area contributed by atoms with Gasteiger partial charge < -0.3 is 14.0 Å². The van der Waals surface area contributed by atoms with Crippen molar-refractivity contribution in [3.8, 4) is 11.5 Å². The SMILES string of the molecule is COc1ccccc1OCC(=O)N=c1sccn1C. The summed E-state index contributed by atoms with van der Waals surface area (Å²) in [5.74, 6) is 0.796. The molecule has 0 aliphatic heterocycles. The largest absolute Gasteiger partial charge is 0.493 e. The van der Waals surface area contributed by atoms with Crippen LogP contribution in [0.3, 0.4) is 0 Å². The van der Waals surface area contributed by atoms with Gasteiger partial charge in [0.2, 0.25) is 0 Å². The Hall–Kier alpha value is -2.08. The van der Waals surface area contributed by atoms with E-state index in [1.54, 1.807) is 23.8 Å². The molecule has 19 heavy (non-hydrogen) atoms. The molecule has 0 aliphatic rings. The van der Waals surface area contributed by atoms with Gasteiger partial charge in [0, 0.05) is 18.6 Å². The minimum atomic E-state index is -0.330. The number of aryl methyl sites for hydroxylation is 1. The van der Waals surface area contributed by atoms with Gasteiger partial charge >= 0.3 is 0 Å². The molecule has 0 spiro atoms. The van der Waals surface area contributed by atoms with Crippen molar-refractivity contribution in [3.05, 3.63) is 40.6 Å². The smallest absolute Gasteiger partial charge is 0.286 e. The van der Waals surface area contributed by atoms with Gasteiger partial charge in [-0.05, 0) is 12.1 Å². The molecule has 0 radical (unpaired) electrons. The first-order valence-electron chi connectivity index (χ1n) is 5.64. The van der Waals surface area contributed by atoms with Crippen LogP contribution in [0.5, 0.6) is 11.5 Å². The van der Waals surface area contributed by atoms with Crippen molar-refractivity contribution in [1.82, 2.24) is 4.57 Å². The first-order valence-corrected chi connectivity index (χ1v) is 6.52. The Kier molecular flexibility index (Phi) is 4.35. The molecule has 5 nitrogen and oxygen atoms in total. The number of hydrogen-bond donors (Lipinski definition) is 0. The average Bonchev–Trinajstić information content (AvgIpc) is 2.82. The van der Waals surface area contributed by atoms with Gasteiger partial charge in [0.15, 0.2) is 22.9 Å². The molecule has 2 aromatic rings. The molecule has 1 aromatic carbocycles. The molecule has 0 saturated heterocycles. The summed E-state index contributed by atoms with van der Waals surface area (Å²) in [6, 6.07) is 7.18. The molecule has 0 aliphatic carbocycles. The third kappa shape index (κ3) is 3.45. The number of hydrogen-bond acceptors (Lipinski definition) is 4. The molecule has 0 N–H and O–H groups in total. The summed E-state index contributed by atoms with van der Waals surface area (Å²) in [4.78, 5) is 16.3. The second-order valence-electron chi connectivity index (χ2n) is 3.74. The van der Waals surface area contributed by atoms with Crippen molar-refractivity contribution in [1.29, 1.82) is 0 Å². The maximum atomic E-state index is 11.7. The number of carbonyl (C=O) groups excluding carboxylic acids is 1. The minimum Gasteiger partial charge on any atom is -0.493 e. The molecular weight excluding hydrogens is 264 g/mol. The zero-order valence-electron chi connectivity index (χ0n) is 10.7. The Morgan fingerprint density at radius 1 is 1.37 bits per heavy atom. The fourth-order valence-corrected chi connectivity index (χ4v) is 2.20. The summed E-state index contributed by atoms with van der Waals surface area (Å²) < 4.78 is 12.3. The van der Waals surface area contributed by atoms with Gasteiger partial charge in [-0.15, -0.1) is 11.3 Å². The molecule has 1 aromatic heterocycles. The standard InChI is InChI=1S/C13H14N2O3S/c1-15-7-8-19-13(15)14-12(16)9-18-11-6-4-3-5-10(11)17-2/h3-8H,9H2,1-2H3. The second kappa shape index (κ2) is 6.19. The number of ether oxygens (including phenoxy) is 2. The molecular formula is C13H14N2O3S. The summed E-state index contributed by atoms with van der Waals surface area (Å²) in [5, 5.41) is 1.87. The second-order valence-corrected chi connectivity index (χ2v) is 4.61. The molecule has 0 unspecified atom stereocenters. The van der Waals surface area contributed by atoms with Crippen LogP contribution in [-0.2, 0) is 11.8 Å². The lowest BCUT2D eigenvalue weighted by Gasteiger charge is -2.08. The van der Waals surface area contributed by atoms with Crippen molar-refractivity contribution in [2.24, 2.45) is 12.0 Å². The molecule has 100 valence electrons. The lowest BCUT2D eigenvalue weighted by atomic mass is 10.3. The fourth-order valence-electron chi connectivity index (χ4n) is 1.45. The summed E-state index contributed by atoms with van der Waals surface area (Å²) >= 11 is 1.40. The van der Waals surface area contributed by atoms with E-state index in [9.17, 15) is 4.79 Å². The van der Waals surface area contributed by atoms with Crippen molar-refractivity contribution >= 4 is 17.2 Å². The number of amides is 1. The van der Waals surface area contributed by atoms with Crippen molar-refractivity contribution in [2.75, 3.05) is 13.7 Å². The number of nitrogens with zero attached hydrogens (tertiary/aromatic N) is 2. The van der Waals surface area contributed by atoms with Gasteiger partial charge in [-0.25, -0.2) is 0 Å². The lowest BCUT2D eigenvalue weighted by molar-refractivity contribution is -0.120. The first-order chi connectivity index (χ1) is 9.20. The summed E-state index contributed by atoms with van der Waals surface area (Å²) in [6.45, 7) is -0.113. The predicted octanol–water partition coefficient (Wildman–Crippen LogP) is 1.60. The van der Waals surface area contributed by atoms with Gasteiger partial charge in [-0.1, -0.05) is 12.1 Å². The molecule has 0 saturated carbocycles. The van der Waals surface area contributed by atoms with Crippen LogP contribution in [0.15, 0.2) is 40.8 Å². The highest BCUT2D eigenvalue weighted by molar-refractivity contribution is 7.07. The minimum absolute atomic E-state index is 0.113. The molecule has 1 amide bonds. The molecule has 1 heterocycles. The molecule has 0 bridgehead atoms. The van der Waals surface area contributed by atoms with Crippen molar-refractivity contribution < 1.29 is 14.3 Å². The summed E-state index contributed by atoms with van der Waals surface area (Å²) in [7, 11) is 3.39. The number of para-hydroxylation sites is 2. The number of carbonyl (C=O) groups is 1. The topological polar surface area (TPSA) is 52.8 Å². The first kappa shape index (κ1) is 13.4. The van der Waals surface area contributed by atoms with E-state index in [4.69, 9.17) is 9.47 Å². The highest BCUT2D eigenvalue weighted by atomic mass is 32.1. The van der Waals surface area contributed by atoms with E-state index in [2.05, 4.69) is 4.99 Å². The number of thiazole rings is 1. The third-order valence-electron chi connectivity index (χ3n) is 2.40. The Morgan fingerprint density at radius 3 is 2.74 bits per heavy atom. The normalized spacial score (nSPS) is 11.4. The van der Waals surface area contributed by atoms with E-state index in [0.29, 0.717) is 16.3 Å². The maximum Gasteiger partial charge on any atom is 0.286 e. The van der Waals surface area contributed by atoms with Crippen LogP contribution in [0.25, 0.3) is 0 Å². The van der Waals surface area contributed by atoms with Crippen LogP contribution in [0, 0.1) is 0 Å². The summed E-state index contributed by atoms with van der Waals surface area (Å²) in [5.41, 5.74) is 0. The zero-order valence-corrected chi connectivity index (χ0v) is 11.5. The molecule has 0 fully saturated rings. The molecule has 0 atom stereocenters. The van der Waals surface area contributed by atoms with E-state index < -0.39 is 0 Å². The highest BCUT2D eigenvalue weighted by Crippen LogP contribution is 2.25. The third-order valence-corrected chi connectivity index (χ3v) is 3.25. The molecule has 6 heteroatoms. The Bertz CT molecular complexity index is 631. The van der Waals surface area contributed by atoms with Gasteiger partial charge in [0.05, 0.1) is 7.11 Å². The van der Waals surface area contributed by atoms with Crippen molar-refractivity contribution in [2.45, 2.75) is 0 Å². The Balaban J connectivity index is 2.03. The Morgan fingerprint density at radius 2 is 2.11 bits per heavy atom. The van der Waals surface area contributed by atoms with Crippen LogP contribution in [0.2, 0.25) is 0 Å². The van der Waals surface area contributed by atoms with E-state index >= 15 is 0 Å². The number of benzene rings is 1. The lowest BCUT2D eigenvalue weighted by Crippen LogP contribution is -2.16. The quantitative estimate of drug-likeness (QED) is 0.853. The number of methoxy groups -OCH3 is 1. The Labute approximate surface area is 114 Å². The number of rotatable bonds is 4. The van der Waals surface area contributed by atoms with E-state index in [-0.39, 0.29) is 12.5 Å². The zero-order chi connectivity index (χ0) is 13.7. The van der Waals surface area contributed by atoms with Gasteiger partial charge in [-0.2, -0.15) is 4.99 Å². The predicted molar refractivity (Wildman–Crippen MR) is 72.3 cm³/mol. The van der Waals surface area contributed by atoms with Crippen LogP contribution in [-0.4, -0.2) is 24.2 Å². The molecule has 2 rings (SSSR count). The van der Waals surface area contributed by atoms with Crippen LogP contribution in [0.1, 0.15) is 0 Å². The van der Waals surface area contributed by atoms with Crippen LogP contribution >= 0.6 is 11.3 Å². The van der Waals surface area contributed by atoms with Crippen LogP contribution < -0.4 is 14.3 Å². The van der Waals surface area contributed by atoms with E-state index in [1.165, 1.54) is 11.3 Å². The average molecular weight is 278 g/mol. The van der Waals surface area contributed by atoms with Crippen molar-refractivity contribution in [3.63, 3.8) is 0 Å². The number of aromatic nitrogens is 1. The van der Waals surface area contributed by atoms with Gasteiger partial charge in [-0.3, -0.25) is 4.79 Å². The highest BCUT2D eigenvalue weighted by Gasteiger charge is 2.06. The monoisotopic (exact) mass is 278 g/mol. The van der Waals surface area contributed by atoms with Crippen LogP contribution in [0.4, 0.5) is 0 Å². The fraction of sp³-hybridized carbons (Fsp3) is 0.231. The van der Waals surface area contributed by atoms with E-state index in [1.807, 2.05) is 30.8 Å². The van der Waals surface area contributed by atoms with Gasteiger partial charge in [0.1, 0.15) is 0 Å². The van der Waals surface area contributed by atoms with E-state index in [0.717, 1.165) is 0 Å². The maximum absolute atomic E-state index is 11.7.